The third-order valence-electron chi connectivity index (χ3n) is 13.0. The standard InChI is InChI=1S/C57H51N/c1-5-57(6-2,7-3)47-33-28-43(29-34-47)51-37-32-45(42-30-35-48(36-31-42)58-55-22-14-12-20-52(55)53-21-13-15-23-56(53)58)39-54(51)44-26-24-41(25-27-44)38-46-17-9-11-19-50(46)49-18-10-8-16-40(49)4/h8-37,39H,5-7,38H2,1-4H3. The van der Waals surface area contributed by atoms with Crippen LogP contribution in [-0.2, 0) is 11.8 Å². The summed E-state index contributed by atoms with van der Waals surface area (Å²) >= 11 is 0. The molecule has 9 aromatic rings. The molecule has 1 aromatic heterocycles. The lowest BCUT2D eigenvalue weighted by Gasteiger charge is -2.31. The van der Waals surface area contributed by atoms with Crippen LogP contribution in [0.4, 0.5) is 0 Å². The van der Waals surface area contributed by atoms with E-state index in [1.165, 1.54) is 94.3 Å². The first-order valence-corrected chi connectivity index (χ1v) is 21.1. The first-order valence-electron chi connectivity index (χ1n) is 21.1. The summed E-state index contributed by atoms with van der Waals surface area (Å²) in [4.78, 5) is 0. The van der Waals surface area contributed by atoms with Crippen LogP contribution in [0.2, 0.25) is 0 Å². The number of fused-ring (bicyclic) bond motifs is 3. The average Bonchev–Trinajstić information content (AvgIpc) is 3.62. The Balaban J connectivity index is 1.09. The van der Waals surface area contributed by atoms with E-state index in [1.54, 1.807) is 0 Å². The number of rotatable bonds is 11. The molecule has 0 radical (unpaired) electrons. The van der Waals surface area contributed by atoms with Crippen LogP contribution >= 0.6 is 0 Å². The van der Waals surface area contributed by atoms with Crippen molar-refractivity contribution in [3.8, 4) is 50.2 Å². The number of aromatic nitrogens is 1. The van der Waals surface area contributed by atoms with Crippen LogP contribution in [0, 0.1) is 6.92 Å². The van der Waals surface area contributed by atoms with Gasteiger partial charge in [0, 0.05) is 16.5 Å². The molecule has 1 heteroatoms. The van der Waals surface area contributed by atoms with Crippen LogP contribution in [0.3, 0.4) is 0 Å². The first kappa shape index (κ1) is 37.2. The molecular weight excluding hydrogens is 699 g/mol. The van der Waals surface area contributed by atoms with Gasteiger partial charge in [-0.15, -0.1) is 0 Å². The van der Waals surface area contributed by atoms with Gasteiger partial charge in [-0.3, -0.25) is 0 Å². The lowest BCUT2D eigenvalue weighted by molar-refractivity contribution is 0.382. The minimum Gasteiger partial charge on any atom is -0.309 e. The normalized spacial score (nSPS) is 11.7. The number of para-hydroxylation sites is 2. The molecule has 284 valence electrons. The molecule has 58 heavy (non-hydrogen) atoms. The Morgan fingerprint density at radius 2 is 0.931 bits per heavy atom. The van der Waals surface area contributed by atoms with Crippen LogP contribution in [0.1, 0.15) is 62.3 Å². The van der Waals surface area contributed by atoms with Crippen molar-refractivity contribution in [2.24, 2.45) is 0 Å². The van der Waals surface area contributed by atoms with Gasteiger partial charge < -0.3 is 4.57 Å². The van der Waals surface area contributed by atoms with Crippen molar-refractivity contribution in [1.82, 2.24) is 4.57 Å². The number of hydrogen-bond acceptors (Lipinski definition) is 0. The summed E-state index contributed by atoms with van der Waals surface area (Å²) in [5, 5.41) is 2.56. The summed E-state index contributed by atoms with van der Waals surface area (Å²) in [6.07, 6.45) is 4.33. The van der Waals surface area contributed by atoms with Crippen molar-refractivity contribution in [3.63, 3.8) is 0 Å². The van der Waals surface area contributed by atoms with Crippen LogP contribution in [0.25, 0.3) is 72.0 Å². The molecule has 8 aromatic carbocycles. The Hall–Kier alpha value is -6.44. The smallest absolute Gasteiger partial charge is 0.0541 e. The van der Waals surface area contributed by atoms with E-state index in [0.717, 1.165) is 25.7 Å². The van der Waals surface area contributed by atoms with E-state index in [4.69, 9.17) is 0 Å². The van der Waals surface area contributed by atoms with Crippen molar-refractivity contribution in [2.45, 2.75) is 58.8 Å². The molecule has 9 rings (SSSR count). The molecule has 0 spiro atoms. The van der Waals surface area contributed by atoms with E-state index in [1.807, 2.05) is 0 Å². The summed E-state index contributed by atoms with van der Waals surface area (Å²) in [5.74, 6) is 0. The van der Waals surface area contributed by atoms with Gasteiger partial charge in [-0.05, 0) is 135 Å². The highest BCUT2D eigenvalue weighted by Crippen LogP contribution is 2.40. The molecule has 0 aliphatic carbocycles. The maximum Gasteiger partial charge on any atom is 0.0541 e. The lowest BCUT2D eigenvalue weighted by atomic mass is 9.73. The average molecular weight is 750 g/mol. The monoisotopic (exact) mass is 749 g/mol. The quantitative estimate of drug-likeness (QED) is 0.124. The van der Waals surface area contributed by atoms with E-state index < -0.39 is 0 Å². The molecule has 0 saturated carbocycles. The fourth-order valence-corrected chi connectivity index (χ4v) is 9.42. The molecule has 1 heterocycles. The van der Waals surface area contributed by atoms with Gasteiger partial charge in [0.2, 0.25) is 0 Å². The van der Waals surface area contributed by atoms with Crippen LogP contribution in [0.15, 0.2) is 188 Å². The summed E-state index contributed by atoms with van der Waals surface area (Å²) in [5.41, 5.74) is 19.3. The molecule has 0 N–H and O–H groups in total. The first-order chi connectivity index (χ1) is 28.5. The Morgan fingerprint density at radius 1 is 0.414 bits per heavy atom. The highest BCUT2D eigenvalue weighted by Gasteiger charge is 2.26. The zero-order valence-corrected chi connectivity index (χ0v) is 34.2. The van der Waals surface area contributed by atoms with Crippen molar-refractivity contribution in [2.75, 3.05) is 0 Å². The molecule has 0 fully saturated rings. The van der Waals surface area contributed by atoms with Crippen LogP contribution in [0.5, 0.6) is 0 Å². The van der Waals surface area contributed by atoms with E-state index in [0.29, 0.717) is 0 Å². The predicted octanol–water partition coefficient (Wildman–Crippen LogP) is 15.8. The molecule has 0 aliphatic rings. The maximum absolute atomic E-state index is 2.40. The van der Waals surface area contributed by atoms with Crippen LogP contribution < -0.4 is 0 Å². The summed E-state index contributed by atoms with van der Waals surface area (Å²) in [6, 6.07) is 69.9. The topological polar surface area (TPSA) is 4.93 Å². The van der Waals surface area contributed by atoms with Crippen molar-refractivity contribution in [3.05, 3.63) is 210 Å². The summed E-state index contributed by atoms with van der Waals surface area (Å²) < 4.78 is 2.39. The Kier molecular flexibility index (Phi) is 10.1. The maximum atomic E-state index is 2.40. The predicted molar refractivity (Wildman–Crippen MR) is 249 cm³/mol. The molecular formula is C57H51N. The lowest BCUT2D eigenvalue weighted by Crippen LogP contribution is -2.23. The van der Waals surface area contributed by atoms with Crippen molar-refractivity contribution >= 4 is 21.8 Å². The minimum atomic E-state index is 0.226. The summed E-state index contributed by atoms with van der Waals surface area (Å²) in [6.45, 7) is 9.20. The van der Waals surface area contributed by atoms with Gasteiger partial charge in [-0.1, -0.05) is 178 Å². The second-order valence-corrected chi connectivity index (χ2v) is 15.9. The molecule has 0 bridgehead atoms. The van der Waals surface area contributed by atoms with Gasteiger partial charge in [-0.2, -0.15) is 0 Å². The van der Waals surface area contributed by atoms with E-state index >= 15 is 0 Å². The molecule has 0 atom stereocenters. The third kappa shape index (κ3) is 6.75. The fourth-order valence-electron chi connectivity index (χ4n) is 9.42. The SMILES string of the molecule is CCC(CC)(CC)c1ccc(-c2ccc(-c3ccc(-n4c5ccccc5c5ccccc54)cc3)cc2-c2ccc(Cc3ccccc3-c3ccccc3C)cc2)cc1. The number of hydrogen-bond donors (Lipinski definition) is 0. The third-order valence-corrected chi connectivity index (χ3v) is 13.0. The van der Waals surface area contributed by atoms with Gasteiger partial charge in [0.1, 0.15) is 0 Å². The fraction of sp³-hybridized carbons (Fsp3) is 0.158. The zero-order chi connectivity index (χ0) is 39.6. The van der Waals surface area contributed by atoms with Crippen molar-refractivity contribution in [1.29, 1.82) is 0 Å². The number of aryl methyl sites for hydroxylation is 1. The molecule has 1 nitrogen and oxygen atoms in total. The van der Waals surface area contributed by atoms with Gasteiger partial charge in [0.15, 0.2) is 0 Å². The molecule has 0 saturated heterocycles. The largest absolute Gasteiger partial charge is 0.309 e. The molecule has 0 amide bonds. The highest BCUT2D eigenvalue weighted by molar-refractivity contribution is 6.09. The number of benzene rings is 8. The zero-order valence-electron chi connectivity index (χ0n) is 34.2. The highest BCUT2D eigenvalue weighted by atomic mass is 15.0. The van der Waals surface area contributed by atoms with Crippen molar-refractivity contribution < 1.29 is 0 Å². The van der Waals surface area contributed by atoms with Gasteiger partial charge in [0.05, 0.1) is 11.0 Å². The second kappa shape index (κ2) is 15.8. The van der Waals surface area contributed by atoms with Gasteiger partial charge in [-0.25, -0.2) is 0 Å². The van der Waals surface area contributed by atoms with Gasteiger partial charge >= 0.3 is 0 Å². The van der Waals surface area contributed by atoms with Crippen LogP contribution in [-0.4, -0.2) is 4.57 Å². The van der Waals surface area contributed by atoms with E-state index in [9.17, 15) is 0 Å². The van der Waals surface area contributed by atoms with E-state index in [2.05, 4.69) is 220 Å². The Labute approximate surface area is 344 Å². The minimum absolute atomic E-state index is 0.226. The Morgan fingerprint density at radius 3 is 1.57 bits per heavy atom. The number of nitrogens with zero attached hydrogens (tertiary/aromatic N) is 1. The Bertz CT molecular complexity index is 2790. The summed E-state index contributed by atoms with van der Waals surface area (Å²) in [7, 11) is 0. The van der Waals surface area contributed by atoms with Gasteiger partial charge in [0.25, 0.3) is 0 Å². The molecule has 0 aliphatic heterocycles. The molecule has 0 unspecified atom stereocenters. The second-order valence-electron chi connectivity index (χ2n) is 15.9. The van der Waals surface area contributed by atoms with E-state index in [-0.39, 0.29) is 5.41 Å².